The molecule has 0 bridgehead atoms. The number of amides is 1. The Kier molecular flexibility index (Phi) is 3.08. The molecular weight excluding hydrogens is 202 g/mol. The van der Waals surface area contributed by atoms with E-state index in [1.165, 1.54) is 0 Å². The smallest absolute Gasteiger partial charge is 0.227 e. The van der Waals surface area contributed by atoms with Gasteiger partial charge in [0.15, 0.2) is 0 Å². The molecule has 0 saturated heterocycles. The Hall–Kier alpha value is -1.58. The third kappa shape index (κ3) is 2.15. The van der Waals surface area contributed by atoms with Gasteiger partial charge in [-0.25, -0.2) is 0 Å². The second-order valence-corrected chi connectivity index (χ2v) is 4.47. The average molecular weight is 219 g/mol. The summed E-state index contributed by atoms with van der Waals surface area (Å²) in [5.74, 6) is 0.693. The molecule has 1 amide bonds. The van der Waals surface area contributed by atoms with Crippen molar-refractivity contribution in [2.75, 3.05) is 11.1 Å². The van der Waals surface area contributed by atoms with Gasteiger partial charge in [0.05, 0.1) is 17.6 Å². The summed E-state index contributed by atoms with van der Waals surface area (Å²) in [5.41, 5.74) is 6.91. The Bertz CT molecular complexity index is 392. The first-order valence-electron chi connectivity index (χ1n) is 5.69. The highest BCUT2D eigenvalue weighted by Crippen LogP contribution is 2.32. The summed E-state index contributed by atoms with van der Waals surface area (Å²) in [6.07, 6.45) is 6.45. The minimum atomic E-state index is 0.0860. The van der Waals surface area contributed by atoms with Gasteiger partial charge in [0.25, 0.3) is 0 Å². The van der Waals surface area contributed by atoms with Gasteiger partial charge in [-0.3, -0.25) is 9.78 Å². The molecule has 1 aromatic heterocycles. The maximum Gasteiger partial charge on any atom is 0.227 e. The second kappa shape index (κ2) is 4.51. The number of carbonyl (C=O) groups is 1. The third-order valence-electron chi connectivity index (χ3n) is 3.31. The highest BCUT2D eigenvalue weighted by atomic mass is 16.1. The van der Waals surface area contributed by atoms with E-state index in [-0.39, 0.29) is 11.8 Å². The van der Waals surface area contributed by atoms with E-state index in [1.807, 2.05) is 0 Å². The van der Waals surface area contributed by atoms with Gasteiger partial charge in [0.1, 0.15) is 0 Å². The fourth-order valence-corrected chi connectivity index (χ4v) is 2.28. The normalized spacial score (nSPS) is 24.3. The largest absolute Gasteiger partial charge is 0.396 e. The van der Waals surface area contributed by atoms with Crippen molar-refractivity contribution >= 4 is 17.3 Å². The Balaban J connectivity index is 2.05. The molecule has 86 valence electrons. The molecule has 1 saturated carbocycles. The highest BCUT2D eigenvalue weighted by Gasteiger charge is 2.29. The molecule has 4 nitrogen and oxygen atoms in total. The van der Waals surface area contributed by atoms with Crippen LogP contribution in [0.3, 0.4) is 0 Å². The molecule has 1 fully saturated rings. The van der Waals surface area contributed by atoms with Crippen molar-refractivity contribution in [1.82, 2.24) is 4.98 Å². The lowest BCUT2D eigenvalue weighted by Crippen LogP contribution is -2.24. The van der Waals surface area contributed by atoms with Gasteiger partial charge >= 0.3 is 0 Å². The van der Waals surface area contributed by atoms with Gasteiger partial charge in [-0.2, -0.15) is 0 Å². The van der Waals surface area contributed by atoms with Crippen LogP contribution in [0.15, 0.2) is 18.5 Å². The number of nitrogens with two attached hydrogens (primary N) is 1. The molecule has 0 spiro atoms. The summed E-state index contributed by atoms with van der Waals surface area (Å²) in [6, 6.07) is 1.73. The van der Waals surface area contributed by atoms with E-state index in [2.05, 4.69) is 17.2 Å². The first-order valence-corrected chi connectivity index (χ1v) is 5.69. The van der Waals surface area contributed by atoms with E-state index in [0.29, 0.717) is 17.3 Å². The minimum Gasteiger partial charge on any atom is -0.396 e. The van der Waals surface area contributed by atoms with E-state index < -0.39 is 0 Å². The molecule has 16 heavy (non-hydrogen) atoms. The number of carbonyl (C=O) groups excluding carboxylic acids is 1. The van der Waals surface area contributed by atoms with Crippen LogP contribution in [0.4, 0.5) is 11.4 Å². The van der Waals surface area contributed by atoms with Gasteiger partial charge < -0.3 is 11.1 Å². The Morgan fingerprint density at radius 3 is 3.00 bits per heavy atom. The number of anilines is 2. The van der Waals surface area contributed by atoms with Gasteiger partial charge in [-0.1, -0.05) is 13.3 Å². The maximum atomic E-state index is 12.0. The maximum absolute atomic E-state index is 12.0. The predicted octanol–water partition coefficient (Wildman–Crippen LogP) is 2.04. The van der Waals surface area contributed by atoms with E-state index in [4.69, 9.17) is 5.73 Å². The van der Waals surface area contributed by atoms with Crippen molar-refractivity contribution in [1.29, 1.82) is 0 Å². The first-order chi connectivity index (χ1) is 7.68. The summed E-state index contributed by atoms with van der Waals surface area (Å²) < 4.78 is 0. The predicted molar refractivity (Wildman–Crippen MR) is 63.8 cm³/mol. The lowest BCUT2D eigenvalue weighted by molar-refractivity contribution is -0.120. The average Bonchev–Trinajstić information content (AvgIpc) is 2.68. The molecule has 2 unspecified atom stereocenters. The number of hydrogen-bond acceptors (Lipinski definition) is 3. The van der Waals surface area contributed by atoms with Crippen LogP contribution in [0.2, 0.25) is 0 Å². The number of pyridine rings is 1. The SMILES string of the molecule is CC1CCCC1C(=O)Nc1ccncc1N. The molecule has 1 heterocycles. The van der Waals surface area contributed by atoms with Gasteiger partial charge in [0, 0.05) is 12.1 Å². The molecule has 1 aliphatic carbocycles. The Morgan fingerprint density at radius 1 is 1.56 bits per heavy atom. The summed E-state index contributed by atoms with van der Waals surface area (Å²) >= 11 is 0. The molecule has 2 atom stereocenters. The van der Waals surface area contributed by atoms with E-state index in [1.54, 1.807) is 18.5 Å². The third-order valence-corrected chi connectivity index (χ3v) is 3.31. The summed E-state index contributed by atoms with van der Waals surface area (Å²) in [7, 11) is 0. The van der Waals surface area contributed by atoms with Crippen LogP contribution in [0.1, 0.15) is 26.2 Å². The van der Waals surface area contributed by atoms with Crippen LogP contribution in [0.25, 0.3) is 0 Å². The van der Waals surface area contributed by atoms with Gasteiger partial charge in [-0.15, -0.1) is 0 Å². The molecule has 0 aliphatic heterocycles. The van der Waals surface area contributed by atoms with E-state index in [9.17, 15) is 4.79 Å². The van der Waals surface area contributed by atoms with Crippen molar-refractivity contribution in [3.63, 3.8) is 0 Å². The van der Waals surface area contributed by atoms with E-state index >= 15 is 0 Å². The molecule has 0 aromatic carbocycles. The van der Waals surface area contributed by atoms with Crippen LogP contribution in [-0.2, 0) is 4.79 Å². The zero-order valence-electron chi connectivity index (χ0n) is 9.44. The molecule has 4 heteroatoms. The lowest BCUT2D eigenvalue weighted by Gasteiger charge is -2.15. The van der Waals surface area contributed by atoms with Crippen molar-refractivity contribution in [3.8, 4) is 0 Å². The molecular formula is C12H17N3O. The fourth-order valence-electron chi connectivity index (χ4n) is 2.28. The summed E-state index contributed by atoms with van der Waals surface area (Å²) in [6.45, 7) is 2.13. The number of rotatable bonds is 2. The Labute approximate surface area is 95.3 Å². The van der Waals surface area contributed by atoms with Gasteiger partial charge in [0.2, 0.25) is 5.91 Å². The van der Waals surface area contributed by atoms with Crippen LogP contribution < -0.4 is 11.1 Å². The highest BCUT2D eigenvalue weighted by molar-refractivity contribution is 5.95. The molecule has 1 aliphatic rings. The van der Waals surface area contributed by atoms with Crippen molar-refractivity contribution in [2.24, 2.45) is 11.8 Å². The number of nitrogens with zero attached hydrogens (tertiary/aromatic N) is 1. The molecule has 1 aromatic rings. The number of aromatic nitrogens is 1. The second-order valence-electron chi connectivity index (χ2n) is 4.47. The number of nitrogen functional groups attached to an aromatic ring is 1. The van der Waals surface area contributed by atoms with E-state index in [0.717, 1.165) is 19.3 Å². The van der Waals surface area contributed by atoms with Crippen LogP contribution in [-0.4, -0.2) is 10.9 Å². The zero-order valence-corrected chi connectivity index (χ0v) is 9.44. The molecule has 2 rings (SSSR count). The minimum absolute atomic E-state index is 0.0860. The monoisotopic (exact) mass is 219 g/mol. The number of nitrogens with one attached hydrogen (secondary N) is 1. The summed E-state index contributed by atoms with van der Waals surface area (Å²) in [5, 5.41) is 2.88. The van der Waals surface area contributed by atoms with Crippen LogP contribution in [0.5, 0.6) is 0 Å². The Morgan fingerprint density at radius 2 is 2.38 bits per heavy atom. The summed E-state index contributed by atoms with van der Waals surface area (Å²) in [4.78, 5) is 15.9. The van der Waals surface area contributed by atoms with Gasteiger partial charge in [-0.05, 0) is 24.8 Å². The van der Waals surface area contributed by atoms with Crippen LogP contribution >= 0.6 is 0 Å². The van der Waals surface area contributed by atoms with Crippen LogP contribution in [0, 0.1) is 11.8 Å². The van der Waals surface area contributed by atoms with Crippen molar-refractivity contribution in [3.05, 3.63) is 18.5 Å². The molecule has 0 radical (unpaired) electrons. The van der Waals surface area contributed by atoms with Crippen molar-refractivity contribution < 1.29 is 4.79 Å². The molecule has 3 N–H and O–H groups in total. The fraction of sp³-hybridized carbons (Fsp3) is 0.500. The first kappa shape index (κ1) is 10.9. The standard InChI is InChI=1S/C12H17N3O/c1-8-3-2-4-9(8)12(16)15-11-5-6-14-7-10(11)13/h5-9H,2-4,13H2,1H3,(H,14,15,16). The number of hydrogen-bond donors (Lipinski definition) is 2. The van der Waals surface area contributed by atoms with Crippen molar-refractivity contribution in [2.45, 2.75) is 26.2 Å². The lowest BCUT2D eigenvalue weighted by atomic mass is 9.97. The zero-order chi connectivity index (χ0) is 11.5. The quantitative estimate of drug-likeness (QED) is 0.799. The topological polar surface area (TPSA) is 68.0 Å².